The first-order valence-corrected chi connectivity index (χ1v) is 12.0. The van der Waals surface area contributed by atoms with Crippen LogP contribution >= 0.6 is 0 Å². The summed E-state index contributed by atoms with van der Waals surface area (Å²) in [6, 6.07) is 24.8. The average molecular weight is 441 g/mol. The Bertz CT molecular complexity index is 1200. The Morgan fingerprint density at radius 2 is 1.61 bits per heavy atom. The Morgan fingerprint density at radius 1 is 0.848 bits per heavy atom. The van der Waals surface area contributed by atoms with Crippen LogP contribution in [0, 0.1) is 6.92 Å². The van der Waals surface area contributed by atoms with E-state index in [-0.39, 0.29) is 0 Å². The van der Waals surface area contributed by atoms with E-state index in [4.69, 9.17) is 4.74 Å². The van der Waals surface area contributed by atoms with Crippen molar-refractivity contribution in [3.8, 4) is 22.8 Å². The van der Waals surface area contributed by atoms with Crippen LogP contribution in [0.3, 0.4) is 0 Å². The monoisotopic (exact) mass is 440 g/mol. The van der Waals surface area contributed by atoms with Gasteiger partial charge in [-0.15, -0.1) is 0 Å². The molecule has 0 saturated carbocycles. The van der Waals surface area contributed by atoms with Gasteiger partial charge in [0.1, 0.15) is 18.1 Å². The number of phenolic OH excluding ortho intramolecular Hbond substituents is 1. The minimum absolute atomic E-state index is 0.293. The van der Waals surface area contributed by atoms with Gasteiger partial charge in [0.2, 0.25) is 0 Å². The molecule has 3 aromatic carbocycles. The largest absolute Gasteiger partial charge is 0.508 e. The second-order valence-electron chi connectivity index (χ2n) is 9.12. The lowest BCUT2D eigenvalue weighted by Gasteiger charge is -2.26. The molecule has 0 bridgehead atoms. The molecule has 33 heavy (non-hydrogen) atoms. The molecular formula is C29H32N2O2. The van der Waals surface area contributed by atoms with Crippen molar-refractivity contribution < 1.29 is 9.84 Å². The molecule has 0 radical (unpaired) electrons. The molecule has 1 N–H and O–H groups in total. The zero-order valence-corrected chi connectivity index (χ0v) is 19.3. The van der Waals surface area contributed by atoms with E-state index < -0.39 is 0 Å². The average Bonchev–Trinajstić information content (AvgIpc) is 3.18. The molecule has 4 heteroatoms. The Balaban J connectivity index is 1.33. The molecule has 4 nitrogen and oxygen atoms in total. The number of piperidine rings is 1. The third-order valence-electron chi connectivity index (χ3n) is 6.62. The molecule has 1 aromatic heterocycles. The molecule has 1 saturated heterocycles. The number of benzene rings is 3. The molecule has 170 valence electrons. The quantitative estimate of drug-likeness (QED) is 0.370. The summed E-state index contributed by atoms with van der Waals surface area (Å²) in [5.74, 6) is 1.22. The number of fused-ring (bicyclic) bond motifs is 1. The number of aromatic nitrogens is 1. The number of aromatic hydroxyl groups is 1. The molecule has 0 aliphatic carbocycles. The van der Waals surface area contributed by atoms with E-state index in [9.17, 15) is 5.11 Å². The number of nitrogens with zero attached hydrogens (tertiary/aromatic N) is 2. The number of likely N-dealkylation sites (tertiary alicyclic amines) is 1. The summed E-state index contributed by atoms with van der Waals surface area (Å²) in [6.07, 6.45) is 3.99. The maximum Gasteiger partial charge on any atom is 0.119 e. The second kappa shape index (κ2) is 9.72. The van der Waals surface area contributed by atoms with Crippen molar-refractivity contribution in [3.05, 3.63) is 83.9 Å². The van der Waals surface area contributed by atoms with Gasteiger partial charge in [-0.2, -0.15) is 0 Å². The first-order chi connectivity index (χ1) is 16.2. The third-order valence-corrected chi connectivity index (χ3v) is 6.62. The van der Waals surface area contributed by atoms with E-state index in [2.05, 4.69) is 71.0 Å². The van der Waals surface area contributed by atoms with Crippen LogP contribution in [-0.4, -0.2) is 40.8 Å². The van der Waals surface area contributed by atoms with Crippen LogP contribution in [0.2, 0.25) is 0 Å². The van der Waals surface area contributed by atoms with E-state index in [0.717, 1.165) is 42.0 Å². The number of hydrogen-bond acceptors (Lipinski definition) is 3. The van der Waals surface area contributed by atoms with Crippen LogP contribution in [0.5, 0.6) is 11.5 Å². The summed E-state index contributed by atoms with van der Waals surface area (Å²) in [7, 11) is 0. The van der Waals surface area contributed by atoms with Gasteiger partial charge in [0.25, 0.3) is 0 Å². The lowest BCUT2D eigenvalue weighted by Crippen LogP contribution is -2.33. The predicted octanol–water partition coefficient (Wildman–Crippen LogP) is 6.24. The van der Waals surface area contributed by atoms with Crippen molar-refractivity contribution in [2.75, 3.05) is 26.2 Å². The van der Waals surface area contributed by atoms with Crippen LogP contribution in [0.4, 0.5) is 0 Å². The Kier molecular flexibility index (Phi) is 6.36. The maximum atomic E-state index is 9.99. The molecule has 1 fully saturated rings. The standard InChI is InChI=1S/C29H32N2O2/c1-22-5-9-24(10-6-22)29-20-25-19-26(32)11-14-28(25)31(29)21-23-7-12-27(13-8-23)33-18-17-30-15-3-2-4-16-30/h5-14,19-20,32H,2-4,15-18,21H2,1H3. The number of phenols is 1. The van der Waals surface area contributed by atoms with Crippen molar-refractivity contribution in [1.29, 1.82) is 0 Å². The van der Waals surface area contributed by atoms with Crippen LogP contribution in [0.25, 0.3) is 22.2 Å². The zero-order valence-electron chi connectivity index (χ0n) is 19.3. The van der Waals surface area contributed by atoms with Gasteiger partial charge < -0.3 is 14.4 Å². The van der Waals surface area contributed by atoms with Gasteiger partial charge in [-0.1, -0.05) is 48.4 Å². The first-order valence-electron chi connectivity index (χ1n) is 12.0. The third kappa shape index (κ3) is 5.07. The molecule has 1 aliphatic rings. The van der Waals surface area contributed by atoms with Crippen LogP contribution in [0.1, 0.15) is 30.4 Å². The number of rotatable bonds is 7. The highest BCUT2D eigenvalue weighted by Crippen LogP contribution is 2.31. The maximum absolute atomic E-state index is 9.99. The van der Waals surface area contributed by atoms with Gasteiger partial charge in [0, 0.05) is 29.7 Å². The summed E-state index contributed by atoms with van der Waals surface area (Å²) < 4.78 is 8.34. The van der Waals surface area contributed by atoms with Gasteiger partial charge in [-0.25, -0.2) is 0 Å². The van der Waals surface area contributed by atoms with Crippen LogP contribution < -0.4 is 4.74 Å². The van der Waals surface area contributed by atoms with E-state index in [1.54, 1.807) is 6.07 Å². The molecule has 0 atom stereocenters. The first kappa shape index (κ1) is 21.6. The smallest absolute Gasteiger partial charge is 0.119 e. The molecule has 5 rings (SSSR count). The van der Waals surface area contributed by atoms with Crippen molar-refractivity contribution in [3.63, 3.8) is 0 Å². The molecular weight excluding hydrogens is 408 g/mol. The molecule has 4 aromatic rings. The summed E-state index contributed by atoms with van der Waals surface area (Å²) in [5.41, 5.74) is 5.91. The fourth-order valence-electron chi connectivity index (χ4n) is 4.74. The van der Waals surface area contributed by atoms with Crippen molar-refractivity contribution in [1.82, 2.24) is 9.47 Å². The second-order valence-corrected chi connectivity index (χ2v) is 9.12. The minimum atomic E-state index is 0.293. The van der Waals surface area contributed by atoms with E-state index in [1.165, 1.54) is 49.0 Å². The fourth-order valence-corrected chi connectivity index (χ4v) is 4.74. The topological polar surface area (TPSA) is 37.6 Å². The highest BCUT2D eigenvalue weighted by atomic mass is 16.5. The zero-order chi connectivity index (χ0) is 22.6. The number of aryl methyl sites for hydroxylation is 1. The Labute approximate surface area is 196 Å². The SMILES string of the molecule is Cc1ccc(-c2cc3cc(O)ccc3n2Cc2ccc(OCCN3CCCCC3)cc2)cc1. The fraction of sp³-hybridized carbons (Fsp3) is 0.310. The Hall–Kier alpha value is -3.24. The summed E-state index contributed by atoms with van der Waals surface area (Å²) in [6.45, 7) is 7.01. The minimum Gasteiger partial charge on any atom is -0.508 e. The van der Waals surface area contributed by atoms with Gasteiger partial charge in [-0.3, -0.25) is 4.90 Å². The lowest BCUT2D eigenvalue weighted by molar-refractivity contribution is 0.183. The van der Waals surface area contributed by atoms with Crippen LogP contribution in [0.15, 0.2) is 72.8 Å². The molecule has 0 unspecified atom stereocenters. The summed E-state index contributed by atoms with van der Waals surface area (Å²) in [5, 5.41) is 11.0. The van der Waals surface area contributed by atoms with Crippen LogP contribution in [-0.2, 0) is 6.54 Å². The highest BCUT2D eigenvalue weighted by Gasteiger charge is 2.13. The van der Waals surface area contributed by atoms with Gasteiger partial charge in [-0.05, 0) is 80.4 Å². The van der Waals surface area contributed by atoms with Crippen molar-refractivity contribution in [2.24, 2.45) is 0 Å². The number of hydrogen-bond donors (Lipinski definition) is 1. The van der Waals surface area contributed by atoms with Crippen molar-refractivity contribution in [2.45, 2.75) is 32.7 Å². The van der Waals surface area contributed by atoms with E-state index in [1.807, 2.05) is 12.1 Å². The summed E-state index contributed by atoms with van der Waals surface area (Å²) in [4.78, 5) is 2.50. The molecule has 0 spiro atoms. The van der Waals surface area contributed by atoms with E-state index >= 15 is 0 Å². The van der Waals surface area contributed by atoms with Gasteiger partial charge in [0.05, 0.1) is 0 Å². The van der Waals surface area contributed by atoms with Gasteiger partial charge >= 0.3 is 0 Å². The lowest BCUT2D eigenvalue weighted by atomic mass is 10.1. The number of ether oxygens (including phenoxy) is 1. The molecule has 1 aliphatic heterocycles. The highest BCUT2D eigenvalue weighted by molar-refractivity contribution is 5.88. The molecule has 2 heterocycles. The van der Waals surface area contributed by atoms with Crippen molar-refractivity contribution >= 4 is 10.9 Å². The normalized spacial score (nSPS) is 14.6. The summed E-state index contributed by atoms with van der Waals surface area (Å²) >= 11 is 0. The molecule has 0 amide bonds. The Morgan fingerprint density at radius 3 is 2.36 bits per heavy atom. The predicted molar refractivity (Wildman–Crippen MR) is 135 cm³/mol. The van der Waals surface area contributed by atoms with Gasteiger partial charge in [0.15, 0.2) is 0 Å². The van der Waals surface area contributed by atoms with E-state index in [0.29, 0.717) is 5.75 Å².